The van der Waals surface area contributed by atoms with Crippen molar-refractivity contribution in [3.8, 4) is 5.75 Å². The number of nitrogens with one attached hydrogen (secondary N) is 1. The number of ether oxygens (including phenoxy) is 3. The van der Waals surface area contributed by atoms with Crippen molar-refractivity contribution >= 4 is 42.1 Å². The van der Waals surface area contributed by atoms with Crippen molar-refractivity contribution in [3.05, 3.63) is 70.5 Å². The highest BCUT2D eigenvalue weighted by Crippen LogP contribution is 2.35. The van der Waals surface area contributed by atoms with Gasteiger partial charge in [0.15, 0.2) is 18.4 Å². The number of aliphatic hydroxyl groups excluding tert-OH is 1. The summed E-state index contributed by atoms with van der Waals surface area (Å²) in [5.74, 6) is 0.347. The Bertz CT molecular complexity index is 1670. The average Bonchev–Trinajstić information content (AvgIpc) is 3.23. The molecule has 4 rings (SSSR count). The quantitative estimate of drug-likeness (QED) is 0.0691. The van der Waals surface area contributed by atoms with Gasteiger partial charge in [-0.2, -0.15) is 0 Å². The van der Waals surface area contributed by atoms with Crippen LogP contribution in [0.25, 0.3) is 0 Å². The maximum absolute atomic E-state index is 12.8. The number of rotatable bonds is 23. The molecule has 0 spiro atoms. The number of hydrogen-bond donors (Lipinski definition) is 2. The van der Waals surface area contributed by atoms with Gasteiger partial charge in [0.05, 0.1) is 37.7 Å². The number of amides is 2. The van der Waals surface area contributed by atoms with E-state index in [0.29, 0.717) is 112 Å². The van der Waals surface area contributed by atoms with Gasteiger partial charge in [-0.3, -0.25) is 34.2 Å². The molecule has 2 aromatic rings. The van der Waals surface area contributed by atoms with Crippen LogP contribution >= 0.6 is 0 Å². The molecule has 15 heteroatoms. The number of imide groups is 1. The Hall–Kier alpha value is -4.96. The largest absolute Gasteiger partial charge is 0.511 e. The van der Waals surface area contributed by atoms with Gasteiger partial charge in [0.1, 0.15) is 24.7 Å². The summed E-state index contributed by atoms with van der Waals surface area (Å²) in [6.45, 7) is 12.9. The van der Waals surface area contributed by atoms with E-state index in [-0.39, 0.29) is 23.4 Å². The molecule has 2 unspecified atom stereocenters. The predicted octanol–water partition coefficient (Wildman–Crippen LogP) is 4.60. The van der Waals surface area contributed by atoms with Gasteiger partial charge in [0.2, 0.25) is 12.3 Å². The van der Waals surface area contributed by atoms with Gasteiger partial charge in [-0.1, -0.05) is 24.2 Å². The number of Topliss-reactive ketones (excluding diaryl/α,β-unsaturated/α-hetero) is 1. The minimum Gasteiger partial charge on any atom is -0.511 e. The van der Waals surface area contributed by atoms with Crippen molar-refractivity contribution in [2.45, 2.75) is 64.8 Å². The van der Waals surface area contributed by atoms with Gasteiger partial charge in [-0.25, -0.2) is 0 Å². The van der Waals surface area contributed by atoms with Crippen LogP contribution in [0.3, 0.4) is 0 Å². The molecule has 0 aromatic heterocycles. The summed E-state index contributed by atoms with van der Waals surface area (Å²) >= 11 is 0. The highest BCUT2D eigenvalue weighted by molar-refractivity contribution is 6.23. The Balaban J connectivity index is 0.000000648. The maximum atomic E-state index is 12.8. The molecular weight excluding hydrogens is 746 g/mol. The topological polar surface area (TPSA) is 177 Å². The molecule has 1 aliphatic heterocycles. The van der Waals surface area contributed by atoms with E-state index in [1.54, 1.807) is 12.1 Å². The van der Waals surface area contributed by atoms with Crippen LogP contribution in [0.4, 0.5) is 5.69 Å². The minimum absolute atomic E-state index is 0.0667. The highest BCUT2D eigenvalue weighted by Gasteiger charge is 2.31. The van der Waals surface area contributed by atoms with E-state index in [1.807, 2.05) is 70.1 Å². The molecule has 0 radical (unpaired) electrons. The number of carbonyl (C=O) groups is 5. The zero-order valence-electron chi connectivity index (χ0n) is 34.7. The molecule has 318 valence electrons. The second-order valence-electron chi connectivity index (χ2n) is 14.2. The predicted molar refractivity (Wildman–Crippen MR) is 222 cm³/mol. The molecular formula is C43H61N5O10. The molecule has 2 amide bonds. The summed E-state index contributed by atoms with van der Waals surface area (Å²) in [6, 6.07) is 13.4. The summed E-state index contributed by atoms with van der Waals surface area (Å²) in [5.41, 5.74) is 3.55. The van der Waals surface area contributed by atoms with Crippen molar-refractivity contribution in [1.29, 1.82) is 0 Å². The van der Waals surface area contributed by atoms with E-state index >= 15 is 0 Å². The van der Waals surface area contributed by atoms with Crippen molar-refractivity contribution in [2.75, 3.05) is 91.4 Å². The summed E-state index contributed by atoms with van der Waals surface area (Å²) in [5, 5.41) is 16.8. The van der Waals surface area contributed by atoms with Gasteiger partial charge < -0.3 is 34.0 Å². The number of allylic oxidation sites excluding steroid dienone is 2. The number of hydrogen-bond acceptors (Lipinski definition) is 14. The Labute approximate surface area is 342 Å². The van der Waals surface area contributed by atoms with Crippen LogP contribution in [0.2, 0.25) is 0 Å². The number of benzene rings is 2. The smallest absolute Gasteiger partial charge is 0.226 e. The molecule has 1 saturated heterocycles. The zero-order valence-corrected chi connectivity index (χ0v) is 34.7. The number of carbonyl (C=O) groups excluding carboxylic acids is 5. The summed E-state index contributed by atoms with van der Waals surface area (Å²) < 4.78 is 17.2. The molecule has 1 aliphatic carbocycles. The Morgan fingerprint density at radius 2 is 1.60 bits per heavy atom. The maximum Gasteiger partial charge on any atom is 0.226 e. The van der Waals surface area contributed by atoms with E-state index in [2.05, 4.69) is 20.3 Å². The van der Waals surface area contributed by atoms with Crippen LogP contribution < -0.4 is 15.0 Å². The Kier molecular flexibility index (Phi) is 21.4. The summed E-state index contributed by atoms with van der Waals surface area (Å²) in [7, 11) is 3.92. The first-order valence-corrected chi connectivity index (χ1v) is 20.0. The summed E-state index contributed by atoms with van der Waals surface area (Å²) in [4.78, 5) is 67.6. The first kappa shape index (κ1) is 47.4. The molecule has 2 aromatic carbocycles. The van der Waals surface area contributed by atoms with Gasteiger partial charge in [0.25, 0.3) is 0 Å². The van der Waals surface area contributed by atoms with Gasteiger partial charge >= 0.3 is 0 Å². The molecule has 0 saturated carbocycles. The summed E-state index contributed by atoms with van der Waals surface area (Å²) in [6.07, 6.45) is 4.21. The van der Waals surface area contributed by atoms with Gasteiger partial charge in [0, 0.05) is 74.8 Å². The van der Waals surface area contributed by atoms with E-state index in [4.69, 9.17) is 19.0 Å². The molecule has 15 nitrogen and oxygen atoms in total. The zero-order chi connectivity index (χ0) is 42.3. The van der Waals surface area contributed by atoms with Crippen molar-refractivity contribution in [3.63, 3.8) is 0 Å². The lowest BCUT2D eigenvalue weighted by atomic mass is 9.81. The van der Waals surface area contributed by atoms with Crippen LogP contribution in [0, 0.1) is 0 Å². The van der Waals surface area contributed by atoms with Crippen LogP contribution in [0.5, 0.6) is 5.75 Å². The third kappa shape index (κ3) is 15.8. The number of ketones is 1. The van der Waals surface area contributed by atoms with Crippen LogP contribution in [0.15, 0.2) is 59.0 Å². The lowest BCUT2D eigenvalue weighted by Gasteiger charge is -2.36. The number of aldehydes is 2. The van der Waals surface area contributed by atoms with E-state index in [1.165, 1.54) is 0 Å². The molecule has 1 fully saturated rings. The SMILES string of the molecule is CC(CCC(=O)NC=O)N(C)C.CCO/N=C(\CC)C1=C(O)CC(c2ccc(OCCOCCOCCN3CCN(c4ccc(C=O)c(C=O)c4)CC3)cc2)CC1=O. The first-order valence-electron chi connectivity index (χ1n) is 20.0. The highest BCUT2D eigenvalue weighted by atomic mass is 16.6. The number of anilines is 1. The van der Waals surface area contributed by atoms with E-state index in [9.17, 15) is 29.1 Å². The van der Waals surface area contributed by atoms with Crippen LogP contribution in [0.1, 0.15) is 85.1 Å². The average molecular weight is 808 g/mol. The third-order valence-electron chi connectivity index (χ3n) is 10.1. The normalized spacial score (nSPS) is 16.7. The Morgan fingerprint density at radius 1 is 0.931 bits per heavy atom. The lowest BCUT2D eigenvalue weighted by Crippen LogP contribution is -2.47. The fraction of sp³-hybridized carbons (Fsp3) is 0.535. The van der Waals surface area contributed by atoms with Crippen molar-refractivity contribution in [2.24, 2.45) is 5.16 Å². The molecule has 2 N–H and O–H groups in total. The molecule has 1 heterocycles. The first-order chi connectivity index (χ1) is 28.0. The molecule has 2 aliphatic rings. The monoisotopic (exact) mass is 807 g/mol. The fourth-order valence-corrected chi connectivity index (χ4v) is 6.39. The van der Waals surface area contributed by atoms with Crippen molar-refractivity contribution < 1.29 is 48.1 Å². The third-order valence-corrected chi connectivity index (χ3v) is 10.1. The molecule has 0 bridgehead atoms. The number of nitrogens with zero attached hydrogens (tertiary/aromatic N) is 4. The Morgan fingerprint density at radius 3 is 2.21 bits per heavy atom. The lowest BCUT2D eigenvalue weighted by molar-refractivity contribution is -0.125. The second-order valence-corrected chi connectivity index (χ2v) is 14.2. The standard InChI is InChI=1S/C35H45N3O8.C8H16N2O2/c1-3-32(36-46-4-2)35-33(41)22-28(23-34(35)42)26-6-9-31(10-7-26)45-20-19-44-18-17-43-16-15-37-11-13-38(14-12-37)30-8-5-27(24-39)29(21-30)25-40;1-7(10(2)3)4-5-8(12)9-6-11/h5-10,21,24-25,28,41H,3-4,11-20,22-23H2,1-2H3;6-7H,4-5H2,1-3H3,(H,9,11,12)/b36-32+;. The van der Waals surface area contributed by atoms with E-state index < -0.39 is 0 Å². The second kappa shape index (κ2) is 26.1. The number of oxime groups is 1. The van der Waals surface area contributed by atoms with Crippen LogP contribution in [-0.2, 0) is 28.7 Å². The number of aliphatic hydroxyl groups is 1. The minimum atomic E-state index is -0.210. The van der Waals surface area contributed by atoms with Crippen LogP contribution in [-0.4, -0.2) is 144 Å². The molecule has 58 heavy (non-hydrogen) atoms. The fourth-order valence-electron chi connectivity index (χ4n) is 6.39. The van der Waals surface area contributed by atoms with Gasteiger partial charge in [-0.05, 0) is 82.6 Å². The van der Waals surface area contributed by atoms with Gasteiger partial charge in [-0.15, -0.1) is 0 Å². The number of piperazine rings is 1. The van der Waals surface area contributed by atoms with E-state index in [0.717, 1.165) is 56.7 Å². The van der Waals surface area contributed by atoms with Crippen molar-refractivity contribution in [1.82, 2.24) is 15.1 Å². The molecule has 2 atom stereocenters.